The molecule has 1 saturated heterocycles. The Morgan fingerprint density at radius 2 is 1.95 bits per heavy atom. The zero-order chi connectivity index (χ0) is 15.0. The number of hydrogen-bond donors (Lipinski definition) is 1. The standard InChI is InChI=1S/C16H16N2O3/c1-10(19)18-7-6-17-14(9-18)13-8-15(20)11-4-2-3-5-12(11)16(13)21/h2-5,8,14,17H,6-7,9H2,1H3. The summed E-state index contributed by atoms with van der Waals surface area (Å²) in [6.45, 7) is 3.17. The molecule has 1 N–H and O–H groups in total. The number of benzene rings is 1. The van der Waals surface area contributed by atoms with Crippen molar-refractivity contribution in [3.63, 3.8) is 0 Å². The molecule has 5 heteroatoms. The molecule has 1 heterocycles. The molecule has 108 valence electrons. The van der Waals surface area contributed by atoms with Crippen LogP contribution in [0.4, 0.5) is 0 Å². The Morgan fingerprint density at radius 1 is 1.24 bits per heavy atom. The van der Waals surface area contributed by atoms with E-state index in [2.05, 4.69) is 5.32 Å². The van der Waals surface area contributed by atoms with Crippen LogP contribution in [-0.4, -0.2) is 48.0 Å². The van der Waals surface area contributed by atoms with E-state index in [-0.39, 0.29) is 23.5 Å². The van der Waals surface area contributed by atoms with Gasteiger partial charge in [0.1, 0.15) is 0 Å². The maximum absolute atomic E-state index is 12.6. The van der Waals surface area contributed by atoms with Gasteiger partial charge >= 0.3 is 0 Å². The van der Waals surface area contributed by atoms with Gasteiger partial charge in [-0.2, -0.15) is 0 Å². The Morgan fingerprint density at radius 3 is 2.67 bits per heavy atom. The second kappa shape index (κ2) is 5.26. The first-order chi connectivity index (χ1) is 10.1. The van der Waals surface area contributed by atoms with E-state index in [1.807, 2.05) is 0 Å². The van der Waals surface area contributed by atoms with Gasteiger partial charge in [0.2, 0.25) is 5.91 Å². The molecule has 1 amide bonds. The molecule has 0 bridgehead atoms. The summed E-state index contributed by atoms with van der Waals surface area (Å²) < 4.78 is 0. The van der Waals surface area contributed by atoms with E-state index in [4.69, 9.17) is 0 Å². The number of carbonyl (C=O) groups excluding carboxylic acids is 3. The molecule has 1 unspecified atom stereocenters. The van der Waals surface area contributed by atoms with Crippen LogP contribution in [0, 0.1) is 0 Å². The van der Waals surface area contributed by atoms with Crippen LogP contribution in [0.1, 0.15) is 27.6 Å². The molecular formula is C16H16N2O3. The summed E-state index contributed by atoms with van der Waals surface area (Å²) in [6, 6.07) is 6.56. The summed E-state index contributed by atoms with van der Waals surface area (Å²) in [5, 5.41) is 3.22. The summed E-state index contributed by atoms with van der Waals surface area (Å²) in [5.41, 5.74) is 1.34. The molecule has 1 aromatic rings. The molecule has 21 heavy (non-hydrogen) atoms. The van der Waals surface area contributed by atoms with Crippen LogP contribution in [0.5, 0.6) is 0 Å². The number of piperazine rings is 1. The molecule has 0 spiro atoms. The normalized spacial score (nSPS) is 21.9. The van der Waals surface area contributed by atoms with Crippen molar-refractivity contribution in [2.24, 2.45) is 0 Å². The Kier molecular flexibility index (Phi) is 3.43. The smallest absolute Gasteiger partial charge is 0.219 e. The number of Topliss-reactive ketones (excluding diaryl/α,β-unsaturated/α-hetero) is 1. The second-order valence-corrected chi connectivity index (χ2v) is 5.31. The van der Waals surface area contributed by atoms with Gasteiger partial charge < -0.3 is 10.2 Å². The first kappa shape index (κ1) is 13.7. The van der Waals surface area contributed by atoms with Crippen molar-refractivity contribution in [2.45, 2.75) is 13.0 Å². The number of carbonyl (C=O) groups is 3. The van der Waals surface area contributed by atoms with Gasteiger partial charge in [-0.25, -0.2) is 0 Å². The minimum atomic E-state index is -0.285. The fourth-order valence-corrected chi connectivity index (χ4v) is 2.84. The van der Waals surface area contributed by atoms with Crippen molar-refractivity contribution < 1.29 is 14.4 Å². The Bertz CT molecular complexity index is 663. The van der Waals surface area contributed by atoms with Gasteiger partial charge in [-0.05, 0) is 6.08 Å². The number of ketones is 2. The predicted octanol–water partition coefficient (Wildman–Crippen LogP) is 0.812. The van der Waals surface area contributed by atoms with Gasteiger partial charge in [0.15, 0.2) is 11.6 Å². The number of hydrogen-bond acceptors (Lipinski definition) is 4. The molecule has 1 atom stereocenters. The summed E-state index contributed by atoms with van der Waals surface area (Å²) in [6.07, 6.45) is 1.41. The molecule has 2 aliphatic rings. The van der Waals surface area contributed by atoms with E-state index in [9.17, 15) is 14.4 Å². The number of nitrogens with zero attached hydrogens (tertiary/aromatic N) is 1. The molecule has 0 radical (unpaired) electrons. The van der Waals surface area contributed by atoms with E-state index in [0.29, 0.717) is 36.3 Å². The molecule has 1 aliphatic heterocycles. The molecule has 1 aliphatic carbocycles. The van der Waals surface area contributed by atoms with Crippen LogP contribution in [0.2, 0.25) is 0 Å². The van der Waals surface area contributed by atoms with Crippen molar-refractivity contribution in [1.29, 1.82) is 0 Å². The van der Waals surface area contributed by atoms with Crippen LogP contribution >= 0.6 is 0 Å². The van der Waals surface area contributed by atoms with E-state index in [1.54, 1.807) is 29.2 Å². The maximum atomic E-state index is 12.6. The quantitative estimate of drug-likeness (QED) is 0.829. The molecule has 0 aromatic heterocycles. The van der Waals surface area contributed by atoms with Gasteiger partial charge in [-0.3, -0.25) is 14.4 Å². The average Bonchev–Trinajstić information content (AvgIpc) is 2.51. The van der Waals surface area contributed by atoms with Crippen LogP contribution in [0.3, 0.4) is 0 Å². The number of allylic oxidation sites excluding steroid dienone is 1. The third-order valence-electron chi connectivity index (χ3n) is 3.98. The fourth-order valence-electron chi connectivity index (χ4n) is 2.84. The monoisotopic (exact) mass is 284 g/mol. The molecule has 5 nitrogen and oxygen atoms in total. The lowest BCUT2D eigenvalue weighted by atomic mass is 9.85. The van der Waals surface area contributed by atoms with Gasteiger partial charge in [0.05, 0.1) is 6.04 Å². The number of nitrogens with one attached hydrogen (secondary N) is 1. The van der Waals surface area contributed by atoms with Crippen LogP contribution in [0.15, 0.2) is 35.9 Å². The third-order valence-corrected chi connectivity index (χ3v) is 3.98. The van der Waals surface area contributed by atoms with E-state index >= 15 is 0 Å². The molecule has 1 fully saturated rings. The lowest BCUT2D eigenvalue weighted by molar-refractivity contribution is -0.129. The van der Waals surface area contributed by atoms with Crippen molar-refractivity contribution in [1.82, 2.24) is 10.2 Å². The van der Waals surface area contributed by atoms with Crippen molar-refractivity contribution in [3.05, 3.63) is 47.0 Å². The highest BCUT2D eigenvalue weighted by Crippen LogP contribution is 2.24. The summed E-state index contributed by atoms with van der Waals surface area (Å²) >= 11 is 0. The van der Waals surface area contributed by atoms with Crippen LogP contribution < -0.4 is 5.32 Å². The molecular weight excluding hydrogens is 268 g/mol. The highest BCUT2D eigenvalue weighted by atomic mass is 16.2. The summed E-state index contributed by atoms with van der Waals surface area (Å²) in [7, 11) is 0. The van der Waals surface area contributed by atoms with Gasteiger partial charge in [-0.1, -0.05) is 24.3 Å². The number of rotatable bonds is 1. The SMILES string of the molecule is CC(=O)N1CCNC(C2=CC(=O)c3ccccc3C2=O)C1. The maximum Gasteiger partial charge on any atom is 0.219 e. The lowest BCUT2D eigenvalue weighted by Gasteiger charge is -2.34. The first-order valence-electron chi connectivity index (χ1n) is 6.96. The van der Waals surface area contributed by atoms with E-state index in [0.717, 1.165) is 0 Å². The topological polar surface area (TPSA) is 66.5 Å². The largest absolute Gasteiger partial charge is 0.340 e. The first-order valence-corrected chi connectivity index (χ1v) is 6.96. The van der Waals surface area contributed by atoms with Crippen molar-refractivity contribution in [3.8, 4) is 0 Å². The van der Waals surface area contributed by atoms with Crippen molar-refractivity contribution >= 4 is 17.5 Å². The Balaban J connectivity index is 1.91. The van der Waals surface area contributed by atoms with Gasteiger partial charge in [0, 0.05) is 43.3 Å². The molecule has 3 rings (SSSR count). The zero-order valence-corrected chi connectivity index (χ0v) is 11.8. The van der Waals surface area contributed by atoms with Gasteiger partial charge in [0.25, 0.3) is 0 Å². The van der Waals surface area contributed by atoms with E-state index < -0.39 is 0 Å². The Hall–Kier alpha value is -2.27. The Labute approximate surface area is 122 Å². The van der Waals surface area contributed by atoms with E-state index in [1.165, 1.54) is 13.0 Å². The summed E-state index contributed by atoms with van der Waals surface area (Å²) in [4.78, 5) is 37.9. The summed E-state index contributed by atoms with van der Waals surface area (Å²) in [5.74, 6) is -0.299. The average molecular weight is 284 g/mol. The molecule has 1 aromatic carbocycles. The number of amides is 1. The predicted molar refractivity (Wildman–Crippen MR) is 77.2 cm³/mol. The van der Waals surface area contributed by atoms with Crippen molar-refractivity contribution in [2.75, 3.05) is 19.6 Å². The minimum Gasteiger partial charge on any atom is -0.340 e. The number of fused-ring (bicyclic) bond motifs is 1. The fraction of sp³-hybridized carbons (Fsp3) is 0.312. The highest BCUT2D eigenvalue weighted by Gasteiger charge is 2.32. The van der Waals surface area contributed by atoms with Crippen LogP contribution in [0.25, 0.3) is 0 Å². The highest BCUT2D eigenvalue weighted by molar-refractivity contribution is 6.25. The third kappa shape index (κ3) is 2.40. The lowest BCUT2D eigenvalue weighted by Crippen LogP contribution is -2.54. The van der Waals surface area contributed by atoms with Gasteiger partial charge in [-0.15, -0.1) is 0 Å². The minimum absolute atomic E-state index is 0.0166. The zero-order valence-electron chi connectivity index (χ0n) is 11.8. The second-order valence-electron chi connectivity index (χ2n) is 5.31. The van der Waals surface area contributed by atoms with Crippen LogP contribution in [-0.2, 0) is 4.79 Å². The molecule has 0 saturated carbocycles.